The summed E-state index contributed by atoms with van der Waals surface area (Å²) < 4.78 is 29.8. The Morgan fingerprint density at radius 3 is 2.37 bits per heavy atom. The van der Waals surface area contributed by atoms with Crippen molar-refractivity contribution in [2.24, 2.45) is 4.99 Å². The van der Waals surface area contributed by atoms with Gasteiger partial charge in [-0.05, 0) is 36.8 Å². The fourth-order valence-electron chi connectivity index (χ4n) is 2.59. The number of aromatic nitrogens is 1. The van der Waals surface area contributed by atoms with Crippen LogP contribution < -0.4 is 4.80 Å². The number of nitrogens with zero attached hydrogens (tertiary/aromatic N) is 2. The normalized spacial score (nSPS) is 12.0. The van der Waals surface area contributed by atoms with Crippen LogP contribution in [0.15, 0.2) is 70.0 Å². The van der Waals surface area contributed by atoms with Gasteiger partial charge in [0, 0.05) is 24.4 Å². The van der Waals surface area contributed by atoms with Crippen molar-refractivity contribution >= 4 is 33.1 Å². The highest BCUT2D eigenvalue weighted by molar-refractivity contribution is 7.90. The minimum absolute atomic E-state index is 0.0981. The first-order valence-electron chi connectivity index (χ1n) is 8.97. The number of sulfone groups is 1. The molecule has 3 rings (SSSR count). The highest BCUT2D eigenvalue weighted by Crippen LogP contribution is 2.11. The van der Waals surface area contributed by atoms with Gasteiger partial charge in [-0.1, -0.05) is 29.8 Å². The fourth-order valence-corrected chi connectivity index (χ4v) is 3.96. The van der Waals surface area contributed by atoms with E-state index in [1.54, 1.807) is 0 Å². The maximum Gasteiger partial charge on any atom is 0.338 e. The number of hydrogen-bond acceptors (Lipinski definition) is 6. The number of ether oxygens (including phenoxy) is 1. The second kappa shape index (κ2) is 9.19. The monoisotopic (exact) mass is 444 g/mol. The summed E-state index contributed by atoms with van der Waals surface area (Å²) in [7, 11) is -3.35. The van der Waals surface area contributed by atoms with Crippen LogP contribution in [0.2, 0.25) is 0 Å². The van der Waals surface area contributed by atoms with Crippen LogP contribution in [0, 0.1) is 6.92 Å². The Labute approximate surface area is 178 Å². The zero-order chi connectivity index (χ0) is 21.7. The summed E-state index contributed by atoms with van der Waals surface area (Å²) >= 11 is 1.31. The lowest BCUT2D eigenvalue weighted by Gasteiger charge is -2.05. The van der Waals surface area contributed by atoms with E-state index < -0.39 is 28.3 Å². The third-order valence-corrected chi connectivity index (χ3v) is 6.12. The Balaban J connectivity index is 1.63. The fraction of sp³-hybridized carbons (Fsp3) is 0.190. The lowest BCUT2D eigenvalue weighted by atomic mass is 10.1. The summed E-state index contributed by atoms with van der Waals surface area (Å²) in [5.41, 5.74) is 2.40. The van der Waals surface area contributed by atoms with Crippen molar-refractivity contribution in [1.29, 1.82) is 0 Å². The molecule has 0 aliphatic carbocycles. The van der Waals surface area contributed by atoms with Gasteiger partial charge >= 0.3 is 5.97 Å². The van der Waals surface area contributed by atoms with Crippen molar-refractivity contribution in [3.8, 4) is 0 Å². The van der Waals surface area contributed by atoms with Gasteiger partial charge in [0.2, 0.25) is 0 Å². The van der Waals surface area contributed by atoms with E-state index in [0.29, 0.717) is 11.3 Å². The Morgan fingerprint density at radius 2 is 1.73 bits per heavy atom. The minimum Gasteiger partial charge on any atom is -0.452 e. The topological polar surface area (TPSA) is 94.8 Å². The van der Waals surface area contributed by atoms with E-state index >= 15 is 0 Å². The van der Waals surface area contributed by atoms with E-state index in [0.717, 1.165) is 11.8 Å². The van der Waals surface area contributed by atoms with E-state index in [9.17, 15) is 18.0 Å². The number of esters is 1. The number of thiazole rings is 1. The molecule has 0 saturated carbocycles. The SMILES string of the molecule is Cc1ccc(Cn2ccsc2=NC(=O)COC(=O)c2ccc(S(C)(=O)=O)cc2)cc1. The highest BCUT2D eigenvalue weighted by atomic mass is 32.2. The van der Waals surface area contributed by atoms with Crippen LogP contribution in [0.3, 0.4) is 0 Å². The molecule has 0 N–H and O–H groups in total. The predicted octanol–water partition coefficient (Wildman–Crippen LogP) is 2.59. The number of rotatable bonds is 6. The maximum atomic E-state index is 12.2. The predicted molar refractivity (Wildman–Crippen MR) is 113 cm³/mol. The van der Waals surface area contributed by atoms with Gasteiger partial charge in [-0.15, -0.1) is 11.3 Å². The second-order valence-electron chi connectivity index (χ2n) is 6.68. The molecule has 2 aromatic carbocycles. The Hall–Kier alpha value is -3.04. The third kappa shape index (κ3) is 5.74. The molecule has 9 heteroatoms. The molecule has 0 saturated heterocycles. The van der Waals surface area contributed by atoms with Crippen molar-refractivity contribution in [3.63, 3.8) is 0 Å². The van der Waals surface area contributed by atoms with E-state index in [2.05, 4.69) is 4.99 Å². The van der Waals surface area contributed by atoms with E-state index in [4.69, 9.17) is 4.74 Å². The second-order valence-corrected chi connectivity index (χ2v) is 9.57. The number of benzene rings is 2. The van der Waals surface area contributed by atoms with Crippen LogP contribution in [-0.4, -0.2) is 37.7 Å². The van der Waals surface area contributed by atoms with Gasteiger partial charge < -0.3 is 9.30 Å². The molecular formula is C21H20N2O5S2. The van der Waals surface area contributed by atoms with Crippen LogP contribution >= 0.6 is 11.3 Å². The van der Waals surface area contributed by atoms with Crippen LogP contribution in [-0.2, 0) is 25.9 Å². The van der Waals surface area contributed by atoms with Crippen molar-refractivity contribution in [1.82, 2.24) is 4.57 Å². The maximum absolute atomic E-state index is 12.2. The van der Waals surface area contributed by atoms with Gasteiger partial charge in [0.05, 0.1) is 10.5 Å². The molecule has 0 aliphatic rings. The van der Waals surface area contributed by atoms with Crippen LogP contribution in [0.1, 0.15) is 21.5 Å². The van der Waals surface area contributed by atoms with E-state index in [1.807, 2.05) is 47.3 Å². The van der Waals surface area contributed by atoms with E-state index in [1.165, 1.54) is 41.2 Å². The first kappa shape index (κ1) is 21.7. The Bertz CT molecular complexity index is 1220. The molecule has 3 aromatic rings. The summed E-state index contributed by atoms with van der Waals surface area (Å²) in [6.07, 6.45) is 2.92. The first-order chi connectivity index (χ1) is 14.2. The molecule has 0 radical (unpaired) electrons. The lowest BCUT2D eigenvalue weighted by Crippen LogP contribution is -2.20. The molecule has 1 amide bonds. The van der Waals surface area contributed by atoms with Crippen LogP contribution in [0.4, 0.5) is 0 Å². The number of amides is 1. The molecule has 0 atom stereocenters. The lowest BCUT2D eigenvalue weighted by molar-refractivity contribution is -0.121. The molecule has 0 bridgehead atoms. The molecule has 1 heterocycles. The molecule has 156 valence electrons. The average Bonchev–Trinajstić information content (AvgIpc) is 3.13. The van der Waals surface area contributed by atoms with Gasteiger partial charge in [0.25, 0.3) is 5.91 Å². The minimum atomic E-state index is -3.35. The molecule has 0 fully saturated rings. The zero-order valence-electron chi connectivity index (χ0n) is 16.4. The third-order valence-electron chi connectivity index (χ3n) is 4.20. The summed E-state index contributed by atoms with van der Waals surface area (Å²) in [6, 6.07) is 13.4. The van der Waals surface area contributed by atoms with Gasteiger partial charge in [0.1, 0.15) is 0 Å². The quantitative estimate of drug-likeness (QED) is 0.545. The molecule has 0 unspecified atom stereocenters. The number of carbonyl (C=O) groups is 2. The molecule has 30 heavy (non-hydrogen) atoms. The van der Waals surface area contributed by atoms with E-state index in [-0.39, 0.29) is 10.5 Å². The van der Waals surface area contributed by atoms with Gasteiger partial charge in [0.15, 0.2) is 21.2 Å². The van der Waals surface area contributed by atoms with Crippen molar-refractivity contribution in [3.05, 3.63) is 81.6 Å². The van der Waals surface area contributed by atoms with Crippen molar-refractivity contribution in [2.45, 2.75) is 18.4 Å². The van der Waals surface area contributed by atoms with Gasteiger partial charge in [-0.2, -0.15) is 4.99 Å². The molecule has 0 aliphatic heterocycles. The smallest absolute Gasteiger partial charge is 0.338 e. The van der Waals surface area contributed by atoms with Crippen LogP contribution in [0.25, 0.3) is 0 Å². The van der Waals surface area contributed by atoms with Gasteiger partial charge in [-0.25, -0.2) is 13.2 Å². The Morgan fingerprint density at radius 1 is 1.07 bits per heavy atom. The Kier molecular flexibility index (Phi) is 6.63. The first-order valence-corrected chi connectivity index (χ1v) is 11.7. The molecule has 1 aromatic heterocycles. The summed E-state index contributed by atoms with van der Waals surface area (Å²) in [6.45, 7) is 2.08. The number of hydrogen-bond donors (Lipinski definition) is 0. The van der Waals surface area contributed by atoms with Crippen molar-refractivity contribution in [2.75, 3.05) is 12.9 Å². The zero-order valence-corrected chi connectivity index (χ0v) is 18.1. The largest absolute Gasteiger partial charge is 0.452 e. The van der Waals surface area contributed by atoms with Crippen LogP contribution in [0.5, 0.6) is 0 Å². The molecule has 0 spiro atoms. The summed E-state index contributed by atoms with van der Waals surface area (Å²) in [4.78, 5) is 28.9. The highest BCUT2D eigenvalue weighted by Gasteiger charge is 2.12. The summed E-state index contributed by atoms with van der Waals surface area (Å²) in [5.74, 6) is -1.31. The standard InChI is InChI=1S/C21H20N2O5S2/c1-15-3-5-16(6-4-15)13-23-11-12-29-21(23)22-19(24)14-28-20(25)17-7-9-18(10-8-17)30(2,26)27/h3-12H,13-14H2,1-2H3. The summed E-state index contributed by atoms with van der Waals surface area (Å²) in [5, 5.41) is 1.83. The number of aryl methyl sites for hydroxylation is 1. The molecular weight excluding hydrogens is 424 g/mol. The van der Waals surface area contributed by atoms with Crippen molar-refractivity contribution < 1.29 is 22.7 Å². The number of carbonyl (C=O) groups excluding carboxylic acids is 2. The van der Waals surface area contributed by atoms with Gasteiger partial charge in [-0.3, -0.25) is 4.79 Å². The molecule has 7 nitrogen and oxygen atoms in total. The average molecular weight is 445 g/mol.